The molecule has 0 bridgehead atoms. The lowest BCUT2D eigenvalue weighted by Gasteiger charge is -2.25. The fraction of sp³-hybridized carbons (Fsp3) is 0.500. The molecule has 2 spiro atoms. The zero-order valence-electron chi connectivity index (χ0n) is 8.93. The highest BCUT2D eigenvalue weighted by Gasteiger charge is 2.36. The molecule has 1 aliphatic carbocycles. The highest BCUT2D eigenvalue weighted by atomic mass is 16.7. The molecule has 0 aromatic heterocycles. The van der Waals surface area contributed by atoms with Crippen LogP contribution in [0, 0.1) is 0 Å². The smallest absolute Gasteiger partial charge is 0.208 e. The molecule has 0 radical (unpaired) electrons. The molecular weight excluding hydrogens is 208 g/mol. The SMILES string of the molecule is C1=CC2(/C=C\C=C/C13OCCO3)OCCO2. The molecule has 0 N–H and O–H groups in total. The first kappa shape index (κ1) is 10.2. The van der Waals surface area contributed by atoms with E-state index in [2.05, 4.69) is 0 Å². The third kappa shape index (κ3) is 1.74. The van der Waals surface area contributed by atoms with E-state index in [0.717, 1.165) is 0 Å². The summed E-state index contributed by atoms with van der Waals surface area (Å²) in [4.78, 5) is 0. The van der Waals surface area contributed by atoms with Gasteiger partial charge in [-0.05, 0) is 24.3 Å². The number of hydrogen-bond donors (Lipinski definition) is 0. The largest absolute Gasteiger partial charge is 0.341 e. The monoisotopic (exact) mass is 222 g/mol. The van der Waals surface area contributed by atoms with Gasteiger partial charge in [0.15, 0.2) is 0 Å². The molecule has 4 nitrogen and oxygen atoms in total. The van der Waals surface area contributed by atoms with E-state index in [1.807, 2.05) is 36.5 Å². The maximum Gasteiger partial charge on any atom is 0.208 e. The summed E-state index contributed by atoms with van der Waals surface area (Å²) in [7, 11) is 0. The summed E-state index contributed by atoms with van der Waals surface area (Å²) in [5.74, 6) is -1.49. The van der Waals surface area contributed by atoms with Gasteiger partial charge in [0, 0.05) is 0 Å². The van der Waals surface area contributed by atoms with Gasteiger partial charge in [0.25, 0.3) is 0 Å². The molecule has 0 unspecified atom stereocenters. The van der Waals surface area contributed by atoms with E-state index in [-0.39, 0.29) is 0 Å². The first-order chi connectivity index (χ1) is 7.83. The van der Waals surface area contributed by atoms with Crippen LogP contribution in [-0.4, -0.2) is 38.0 Å². The van der Waals surface area contributed by atoms with E-state index >= 15 is 0 Å². The van der Waals surface area contributed by atoms with Crippen molar-refractivity contribution in [3.05, 3.63) is 36.5 Å². The van der Waals surface area contributed by atoms with Crippen LogP contribution in [0.5, 0.6) is 0 Å². The molecule has 4 heteroatoms. The minimum Gasteiger partial charge on any atom is -0.341 e. The van der Waals surface area contributed by atoms with E-state index in [9.17, 15) is 0 Å². The van der Waals surface area contributed by atoms with Crippen LogP contribution < -0.4 is 0 Å². The van der Waals surface area contributed by atoms with E-state index < -0.39 is 11.6 Å². The molecule has 0 aromatic rings. The normalized spacial score (nSPS) is 34.0. The number of rotatable bonds is 0. The lowest BCUT2D eigenvalue weighted by atomic mass is 10.1. The molecule has 2 aliphatic heterocycles. The fourth-order valence-corrected chi connectivity index (χ4v) is 2.00. The van der Waals surface area contributed by atoms with Gasteiger partial charge in [-0.15, -0.1) is 0 Å². The van der Waals surface area contributed by atoms with Gasteiger partial charge in [0.2, 0.25) is 11.6 Å². The Morgan fingerprint density at radius 2 is 0.938 bits per heavy atom. The second-order valence-corrected chi connectivity index (χ2v) is 3.89. The molecule has 2 heterocycles. The Hall–Kier alpha value is -0.940. The lowest BCUT2D eigenvalue weighted by molar-refractivity contribution is -0.0902. The molecule has 0 atom stereocenters. The molecule has 0 aromatic carbocycles. The van der Waals surface area contributed by atoms with Crippen LogP contribution >= 0.6 is 0 Å². The zero-order valence-corrected chi connectivity index (χ0v) is 8.93. The zero-order chi connectivity index (χ0) is 10.9. The second kappa shape index (κ2) is 3.82. The molecule has 2 fully saturated rings. The van der Waals surface area contributed by atoms with Gasteiger partial charge in [0.05, 0.1) is 26.4 Å². The third-order valence-electron chi connectivity index (χ3n) is 2.79. The van der Waals surface area contributed by atoms with Crippen molar-refractivity contribution in [3.8, 4) is 0 Å². The Morgan fingerprint density at radius 1 is 0.562 bits per heavy atom. The summed E-state index contributed by atoms with van der Waals surface area (Å²) in [6.07, 6.45) is 11.3. The topological polar surface area (TPSA) is 36.9 Å². The van der Waals surface area contributed by atoms with Crippen molar-refractivity contribution < 1.29 is 18.9 Å². The maximum atomic E-state index is 5.58. The average Bonchev–Trinajstić information content (AvgIpc) is 2.92. The summed E-state index contributed by atoms with van der Waals surface area (Å²) in [5.41, 5.74) is 0. The maximum absolute atomic E-state index is 5.58. The van der Waals surface area contributed by atoms with Crippen LogP contribution in [0.25, 0.3) is 0 Å². The highest BCUT2D eigenvalue weighted by molar-refractivity contribution is 5.25. The molecule has 86 valence electrons. The van der Waals surface area contributed by atoms with Crippen LogP contribution in [0.1, 0.15) is 0 Å². The van der Waals surface area contributed by atoms with Crippen molar-refractivity contribution in [1.29, 1.82) is 0 Å². The van der Waals surface area contributed by atoms with Gasteiger partial charge in [-0.1, -0.05) is 12.2 Å². The first-order valence-electron chi connectivity index (χ1n) is 5.46. The van der Waals surface area contributed by atoms with Gasteiger partial charge < -0.3 is 18.9 Å². The molecule has 2 saturated heterocycles. The Bertz CT molecular complexity index is 310. The van der Waals surface area contributed by atoms with E-state index in [0.29, 0.717) is 26.4 Å². The summed E-state index contributed by atoms with van der Waals surface area (Å²) in [5, 5.41) is 0. The van der Waals surface area contributed by atoms with E-state index in [1.165, 1.54) is 0 Å². The Kier molecular flexibility index (Phi) is 2.44. The van der Waals surface area contributed by atoms with Gasteiger partial charge in [-0.25, -0.2) is 0 Å². The van der Waals surface area contributed by atoms with Crippen LogP contribution in [-0.2, 0) is 18.9 Å². The predicted molar refractivity (Wildman–Crippen MR) is 56.7 cm³/mol. The van der Waals surface area contributed by atoms with Gasteiger partial charge in [-0.3, -0.25) is 0 Å². The van der Waals surface area contributed by atoms with Crippen molar-refractivity contribution in [2.45, 2.75) is 11.6 Å². The summed E-state index contributed by atoms with van der Waals surface area (Å²) in [6.45, 7) is 2.42. The van der Waals surface area contributed by atoms with Crippen LogP contribution in [0.3, 0.4) is 0 Å². The fourth-order valence-electron chi connectivity index (χ4n) is 2.00. The first-order valence-corrected chi connectivity index (χ1v) is 5.46. The molecular formula is C12H14O4. The Balaban J connectivity index is 1.92. The van der Waals surface area contributed by atoms with Crippen molar-refractivity contribution in [3.63, 3.8) is 0 Å². The number of allylic oxidation sites excluding steroid dienone is 2. The second-order valence-electron chi connectivity index (χ2n) is 3.89. The summed E-state index contributed by atoms with van der Waals surface area (Å²) < 4.78 is 22.3. The minimum atomic E-state index is -0.743. The summed E-state index contributed by atoms with van der Waals surface area (Å²) in [6, 6.07) is 0. The minimum absolute atomic E-state index is 0.604. The predicted octanol–water partition coefficient (Wildman–Crippen LogP) is 1.15. The standard InChI is InChI=1S/C12H14O4/c1-2-4-12(15-9-10-16-12)6-5-11(3-1)13-7-8-14-11/h1-6H,7-10H2/b3-1-,4-2-,6-5?. The van der Waals surface area contributed by atoms with Crippen LogP contribution in [0.2, 0.25) is 0 Å². The lowest BCUT2D eigenvalue weighted by Crippen LogP contribution is -2.30. The molecule has 0 saturated carbocycles. The van der Waals surface area contributed by atoms with Crippen molar-refractivity contribution in [1.82, 2.24) is 0 Å². The van der Waals surface area contributed by atoms with Crippen molar-refractivity contribution in [2.75, 3.05) is 26.4 Å². The quantitative estimate of drug-likeness (QED) is 0.576. The van der Waals surface area contributed by atoms with Gasteiger partial charge >= 0.3 is 0 Å². The molecule has 0 amide bonds. The highest BCUT2D eigenvalue weighted by Crippen LogP contribution is 2.29. The van der Waals surface area contributed by atoms with Crippen molar-refractivity contribution >= 4 is 0 Å². The van der Waals surface area contributed by atoms with Gasteiger partial charge in [-0.2, -0.15) is 0 Å². The summed E-state index contributed by atoms with van der Waals surface area (Å²) >= 11 is 0. The van der Waals surface area contributed by atoms with E-state index in [4.69, 9.17) is 18.9 Å². The third-order valence-corrected chi connectivity index (χ3v) is 2.79. The van der Waals surface area contributed by atoms with E-state index in [1.54, 1.807) is 0 Å². The Labute approximate surface area is 94.1 Å². The molecule has 3 aliphatic rings. The Morgan fingerprint density at radius 3 is 1.31 bits per heavy atom. The van der Waals surface area contributed by atoms with Crippen LogP contribution in [0.4, 0.5) is 0 Å². The number of ether oxygens (including phenoxy) is 4. The molecule has 3 rings (SSSR count). The van der Waals surface area contributed by atoms with Crippen molar-refractivity contribution in [2.24, 2.45) is 0 Å². The number of hydrogen-bond acceptors (Lipinski definition) is 4. The van der Waals surface area contributed by atoms with Gasteiger partial charge in [0.1, 0.15) is 0 Å². The van der Waals surface area contributed by atoms with Crippen LogP contribution in [0.15, 0.2) is 36.5 Å². The molecule has 16 heavy (non-hydrogen) atoms. The average molecular weight is 222 g/mol.